The van der Waals surface area contributed by atoms with Crippen LogP contribution in [0.3, 0.4) is 0 Å². The van der Waals surface area contributed by atoms with Crippen LogP contribution in [0.1, 0.15) is 20.3 Å². The topological polar surface area (TPSA) is 87.7 Å². The number of carbonyl (C=O) groups excluding carboxylic acids is 1. The minimum Gasteiger partial charge on any atom is -0.409 e. The maximum atomic E-state index is 12.5. The number of carbonyl (C=O) groups is 1. The number of hydrogen-bond donors (Lipinski definition) is 3. The summed E-state index contributed by atoms with van der Waals surface area (Å²) in [6.07, 6.45) is 0.291. The second-order valence-corrected chi connectivity index (χ2v) is 5.53. The number of nitrogens with two attached hydrogens (primary N) is 1. The molecule has 1 rings (SSSR count). The smallest absolute Gasteiger partial charge is 0.288 e. The molecule has 0 aliphatic rings. The van der Waals surface area contributed by atoms with Crippen LogP contribution < -0.4 is 11.1 Å². The maximum Gasteiger partial charge on any atom is 0.288 e. The zero-order valence-electron chi connectivity index (χ0n) is 11.6. The van der Waals surface area contributed by atoms with Crippen molar-refractivity contribution in [2.75, 3.05) is 5.32 Å². The van der Waals surface area contributed by atoms with Gasteiger partial charge in [0.1, 0.15) is 5.41 Å². The average Bonchev–Trinajstić information content (AvgIpc) is 2.46. The fraction of sp³-hybridized carbons (Fsp3) is 0.385. The summed E-state index contributed by atoms with van der Waals surface area (Å²) in [5, 5.41) is 14.2. The average molecular weight is 317 g/mol. The van der Waals surface area contributed by atoms with Crippen LogP contribution in [0.4, 0.5) is 14.5 Å². The lowest BCUT2D eigenvalue weighted by Gasteiger charge is -2.25. The predicted molar refractivity (Wildman–Crippen MR) is 78.7 cm³/mol. The van der Waals surface area contributed by atoms with Crippen LogP contribution >= 0.6 is 11.8 Å². The molecule has 1 aromatic rings. The molecule has 4 N–H and O–H groups in total. The van der Waals surface area contributed by atoms with Gasteiger partial charge in [-0.25, -0.2) is 0 Å². The molecule has 0 bridgehead atoms. The van der Waals surface area contributed by atoms with Crippen LogP contribution in [-0.4, -0.2) is 22.7 Å². The van der Waals surface area contributed by atoms with Gasteiger partial charge >= 0.3 is 0 Å². The minimum atomic E-state index is -2.59. The first-order valence-electron chi connectivity index (χ1n) is 6.18. The number of benzene rings is 1. The van der Waals surface area contributed by atoms with E-state index >= 15 is 0 Å². The Bertz CT molecular complexity index is 540. The van der Waals surface area contributed by atoms with Crippen molar-refractivity contribution in [3.8, 4) is 0 Å². The van der Waals surface area contributed by atoms with Gasteiger partial charge in [0.05, 0.1) is 5.69 Å². The van der Waals surface area contributed by atoms with Crippen LogP contribution in [0.25, 0.3) is 0 Å². The predicted octanol–water partition coefficient (Wildman–Crippen LogP) is 3.10. The number of alkyl halides is 2. The summed E-state index contributed by atoms with van der Waals surface area (Å²) in [5.41, 5.74) is 4.59. The molecule has 21 heavy (non-hydrogen) atoms. The lowest BCUT2D eigenvalue weighted by atomic mass is 9.85. The molecule has 8 heteroatoms. The van der Waals surface area contributed by atoms with Gasteiger partial charge in [0.15, 0.2) is 5.84 Å². The Balaban J connectivity index is 3.03. The molecule has 0 aliphatic heterocycles. The second kappa shape index (κ2) is 7.26. The number of rotatable bonds is 6. The van der Waals surface area contributed by atoms with E-state index in [1.807, 2.05) is 0 Å². The Morgan fingerprint density at radius 1 is 1.52 bits per heavy atom. The van der Waals surface area contributed by atoms with Crippen molar-refractivity contribution < 1.29 is 18.8 Å². The maximum absolute atomic E-state index is 12.5. The SMILES string of the molecule is CCC(C)(C(=O)Nc1ccccc1SC(F)F)/C(N)=N/O. The van der Waals surface area contributed by atoms with E-state index in [1.54, 1.807) is 19.1 Å². The number of nitrogens with one attached hydrogen (secondary N) is 1. The summed E-state index contributed by atoms with van der Waals surface area (Å²) >= 11 is 0.340. The monoisotopic (exact) mass is 317 g/mol. The molecule has 0 saturated heterocycles. The highest BCUT2D eigenvalue weighted by atomic mass is 32.2. The van der Waals surface area contributed by atoms with Gasteiger partial charge in [-0.15, -0.1) is 0 Å². The van der Waals surface area contributed by atoms with E-state index in [4.69, 9.17) is 10.9 Å². The lowest BCUT2D eigenvalue weighted by Crippen LogP contribution is -2.44. The van der Waals surface area contributed by atoms with Crippen LogP contribution in [0.5, 0.6) is 0 Å². The Labute approximate surface area is 125 Å². The Morgan fingerprint density at radius 2 is 2.14 bits per heavy atom. The number of halogens is 2. The molecule has 0 aromatic heterocycles. The van der Waals surface area contributed by atoms with Crippen molar-refractivity contribution in [3.05, 3.63) is 24.3 Å². The zero-order chi connectivity index (χ0) is 16.0. The third-order valence-electron chi connectivity index (χ3n) is 3.23. The molecule has 0 radical (unpaired) electrons. The van der Waals surface area contributed by atoms with Gasteiger partial charge in [-0.2, -0.15) is 8.78 Å². The van der Waals surface area contributed by atoms with Crippen molar-refractivity contribution in [3.63, 3.8) is 0 Å². The molecule has 1 aromatic carbocycles. The summed E-state index contributed by atoms with van der Waals surface area (Å²) in [5.74, 6) is -3.35. The minimum absolute atomic E-state index is 0.235. The molecule has 0 saturated carbocycles. The van der Waals surface area contributed by atoms with E-state index < -0.39 is 17.1 Å². The second-order valence-electron chi connectivity index (χ2n) is 4.50. The summed E-state index contributed by atoms with van der Waals surface area (Å²) in [7, 11) is 0. The summed E-state index contributed by atoms with van der Waals surface area (Å²) in [4.78, 5) is 12.6. The number of para-hydroxylation sites is 1. The highest BCUT2D eigenvalue weighted by molar-refractivity contribution is 7.99. The quantitative estimate of drug-likeness (QED) is 0.247. The van der Waals surface area contributed by atoms with E-state index in [2.05, 4.69) is 10.5 Å². The zero-order valence-corrected chi connectivity index (χ0v) is 12.5. The van der Waals surface area contributed by atoms with Gasteiger partial charge in [-0.3, -0.25) is 4.79 Å². The number of hydrogen-bond acceptors (Lipinski definition) is 4. The first kappa shape index (κ1) is 17.2. The lowest BCUT2D eigenvalue weighted by molar-refractivity contribution is -0.121. The highest BCUT2D eigenvalue weighted by Gasteiger charge is 2.36. The van der Waals surface area contributed by atoms with E-state index in [-0.39, 0.29) is 16.4 Å². The number of oxime groups is 1. The fourth-order valence-electron chi connectivity index (χ4n) is 1.60. The third kappa shape index (κ3) is 4.07. The fourth-order valence-corrected chi connectivity index (χ4v) is 2.19. The number of amidine groups is 1. The van der Waals surface area contributed by atoms with Crippen LogP contribution in [0, 0.1) is 5.41 Å². The van der Waals surface area contributed by atoms with E-state index in [0.717, 1.165) is 0 Å². The molecule has 0 spiro atoms. The van der Waals surface area contributed by atoms with Crippen LogP contribution in [0.2, 0.25) is 0 Å². The molecule has 116 valence electrons. The normalized spacial score (nSPS) is 14.8. The van der Waals surface area contributed by atoms with Crippen LogP contribution in [0.15, 0.2) is 34.3 Å². The molecule has 1 amide bonds. The van der Waals surface area contributed by atoms with E-state index in [9.17, 15) is 13.6 Å². The molecular weight excluding hydrogens is 300 g/mol. The van der Waals surface area contributed by atoms with Crippen LogP contribution in [-0.2, 0) is 4.79 Å². The highest BCUT2D eigenvalue weighted by Crippen LogP contribution is 2.33. The van der Waals surface area contributed by atoms with Crippen molar-refractivity contribution in [1.29, 1.82) is 0 Å². The molecule has 0 fully saturated rings. The number of anilines is 1. The number of nitrogens with zero attached hydrogens (tertiary/aromatic N) is 1. The van der Waals surface area contributed by atoms with Gasteiger partial charge in [0.25, 0.3) is 5.76 Å². The number of thioether (sulfide) groups is 1. The van der Waals surface area contributed by atoms with E-state index in [0.29, 0.717) is 18.2 Å². The first-order valence-corrected chi connectivity index (χ1v) is 7.06. The van der Waals surface area contributed by atoms with Gasteiger partial charge in [-0.05, 0) is 25.5 Å². The summed E-state index contributed by atoms with van der Waals surface area (Å²) < 4.78 is 25.0. The summed E-state index contributed by atoms with van der Waals surface area (Å²) in [6.45, 7) is 3.22. The molecular formula is C13H17F2N3O2S. The van der Waals surface area contributed by atoms with Gasteiger partial charge in [0.2, 0.25) is 5.91 Å². The van der Waals surface area contributed by atoms with Crippen molar-refractivity contribution in [2.45, 2.75) is 30.9 Å². The molecule has 1 atom stereocenters. The molecule has 5 nitrogen and oxygen atoms in total. The Hall–Kier alpha value is -1.83. The Kier molecular flexibility index (Phi) is 5.95. The third-order valence-corrected chi connectivity index (χ3v) is 4.02. The largest absolute Gasteiger partial charge is 0.409 e. The van der Waals surface area contributed by atoms with E-state index in [1.165, 1.54) is 19.1 Å². The van der Waals surface area contributed by atoms with Crippen molar-refractivity contribution >= 4 is 29.2 Å². The van der Waals surface area contributed by atoms with Crippen molar-refractivity contribution in [2.24, 2.45) is 16.3 Å². The molecule has 0 heterocycles. The summed E-state index contributed by atoms with van der Waals surface area (Å²) in [6, 6.07) is 6.23. The molecule has 0 aliphatic carbocycles. The van der Waals surface area contributed by atoms with Crippen molar-refractivity contribution in [1.82, 2.24) is 0 Å². The Morgan fingerprint density at radius 3 is 2.67 bits per heavy atom. The van der Waals surface area contributed by atoms with Gasteiger partial charge in [-0.1, -0.05) is 36.0 Å². The van der Waals surface area contributed by atoms with Gasteiger partial charge < -0.3 is 16.3 Å². The molecule has 1 unspecified atom stereocenters. The standard InChI is InChI=1S/C13H17F2N3O2S/c1-3-13(2,10(16)18-20)11(19)17-8-6-4-5-7-9(8)21-12(14)15/h4-7,12,20H,3H2,1-2H3,(H2,16,18)(H,17,19). The first-order chi connectivity index (χ1) is 9.85. The number of amides is 1. The van der Waals surface area contributed by atoms with Gasteiger partial charge in [0, 0.05) is 4.90 Å².